The van der Waals surface area contributed by atoms with Gasteiger partial charge in [-0.25, -0.2) is 9.59 Å². The van der Waals surface area contributed by atoms with Crippen LogP contribution >= 0.6 is 0 Å². The second kappa shape index (κ2) is 8.01. The summed E-state index contributed by atoms with van der Waals surface area (Å²) < 4.78 is 30.0. The molecule has 5 heterocycles. The van der Waals surface area contributed by atoms with Crippen LogP contribution in [0.2, 0.25) is 0 Å². The summed E-state index contributed by atoms with van der Waals surface area (Å²) >= 11 is 0. The van der Waals surface area contributed by atoms with Crippen LogP contribution in [0.4, 0.5) is 0 Å². The molecule has 0 saturated carbocycles. The minimum atomic E-state index is -1.56. The number of hydrogen-bond acceptors (Lipinski definition) is 11. The molecule has 41 heavy (non-hydrogen) atoms. The highest BCUT2D eigenvalue weighted by molar-refractivity contribution is 6.03. The quantitative estimate of drug-likeness (QED) is 0.354. The van der Waals surface area contributed by atoms with E-state index in [2.05, 4.69) is 0 Å². The fourth-order valence-electron chi connectivity index (χ4n) is 6.14. The molecule has 1 aromatic heterocycles. The summed E-state index contributed by atoms with van der Waals surface area (Å²) in [6, 6.07) is 2.04. The van der Waals surface area contributed by atoms with Crippen LogP contribution in [-0.4, -0.2) is 50.5 Å². The van der Waals surface area contributed by atoms with Crippen molar-refractivity contribution >= 4 is 28.7 Å². The van der Waals surface area contributed by atoms with Crippen LogP contribution in [0.15, 0.2) is 33.2 Å². The molecule has 4 N–H and O–H groups in total. The lowest BCUT2D eigenvalue weighted by Gasteiger charge is -2.46. The summed E-state index contributed by atoms with van der Waals surface area (Å²) in [5, 5.41) is 40.9. The molecule has 0 aliphatic carbocycles. The summed E-state index contributed by atoms with van der Waals surface area (Å²) in [4.78, 5) is 51.2. The van der Waals surface area contributed by atoms with Gasteiger partial charge in [-0.05, 0) is 13.0 Å². The van der Waals surface area contributed by atoms with Gasteiger partial charge in [-0.15, -0.1) is 0 Å². The van der Waals surface area contributed by atoms with Crippen molar-refractivity contribution in [2.45, 2.75) is 38.3 Å². The van der Waals surface area contributed by atoms with Gasteiger partial charge in [0.1, 0.15) is 47.2 Å². The van der Waals surface area contributed by atoms with Crippen molar-refractivity contribution in [2.24, 2.45) is 5.92 Å². The Balaban J connectivity index is 1.56. The number of phenols is 2. The first kappa shape index (κ1) is 25.0. The molecule has 4 aliphatic rings. The molecule has 13 heteroatoms. The number of carbonyl (C=O) groups is 3. The number of carboxylic acids is 2. The number of carboxylic acid groups (broad SMARTS) is 2. The number of ether oxygens (including phenoxy) is 4. The Kier molecular flexibility index (Phi) is 4.88. The molecule has 0 fully saturated rings. The predicted molar refractivity (Wildman–Crippen MR) is 133 cm³/mol. The summed E-state index contributed by atoms with van der Waals surface area (Å²) in [6.45, 7) is 2.82. The van der Waals surface area contributed by atoms with E-state index in [0.717, 1.165) is 12.1 Å². The van der Waals surface area contributed by atoms with Gasteiger partial charge in [-0.2, -0.15) is 0 Å². The largest absolute Gasteiger partial charge is 0.508 e. The Labute approximate surface area is 228 Å². The number of aromatic hydroxyl groups is 2. The zero-order valence-corrected chi connectivity index (χ0v) is 21.3. The normalized spacial score (nSPS) is 25.4. The number of carbonyl (C=O) groups excluding carboxylic acids is 1. The fourth-order valence-corrected chi connectivity index (χ4v) is 6.14. The lowest BCUT2D eigenvalue weighted by Crippen LogP contribution is -2.48. The Morgan fingerprint density at radius 1 is 1.02 bits per heavy atom. The average molecular weight is 564 g/mol. The third-order valence-electron chi connectivity index (χ3n) is 7.76. The number of fused-ring (bicyclic) bond motifs is 11. The highest BCUT2D eigenvalue weighted by atomic mass is 16.7. The number of benzene rings is 2. The van der Waals surface area contributed by atoms with E-state index in [1.165, 1.54) is 19.9 Å². The third-order valence-corrected chi connectivity index (χ3v) is 7.76. The maximum Gasteiger partial charge on any atom is 0.340 e. The van der Waals surface area contributed by atoms with Gasteiger partial charge in [0, 0.05) is 19.1 Å². The molecule has 4 atom stereocenters. The number of rotatable bonds is 2. The van der Waals surface area contributed by atoms with E-state index < -0.39 is 63.9 Å². The highest BCUT2D eigenvalue weighted by Crippen LogP contribution is 2.59. The molecule has 0 saturated heterocycles. The minimum absolute atomic E-state index is 0.0371. The van der Waals surface area contributed by atoms with Gasteiger partial charge in [0.15, 0.2) is 22.7 Å². The molecule has 13 nitrogen and oxygen atoms in total. The van der Waals surface area contributed by atoms with Crippen LogP contribution in [0.5, 0.6) is 23.0 Å². The van der Waals surface area contributed by atoms with Crippen molar-refractivity contribution in [3.8, 4) is 23.0 Å². The fraction of sp³-hybridized carbons (Fsp3) is 0.286. The van der Waals surface area contributed by atoms with Crippen LogP contribution < -0.4 is 14.9 Å². The van der Waals surface area contributed by atoms with Crippen molar-refractivity contribution in [1.29, 1.82) is 0 Å². The average Bonchev–Trinajstić information content (AvgIpc) is 2.87. The number of hydrogen-bond donors (Lipinski definition) is 4. The molecular weight excluding hydrogens is 544 g/mol. The topological polar surface area (TPSA) is 199 Å². The number of phenolic OH excluding ortho intramolecular Hbond substituents is 1. The monoisotopic (exact) mass is 564 g/mol. The maximum absolute atomic E-state index is 14.0. The molecule has 7 rings (SSSR count). The number of aromatic carboxylic acids is 2. The molecule has 0 spiro atoms. The second-order valence-electron chi connectivity index (χ2n) is 10.5. The van der Waals surface area contributed by atoms with Crippen LogP contribution in [0.25, 0.3) is 11.0 Å². The van der Waals surface area contributed by atoms with Crippen LogP contribution in [0, 0.1) is 5.92 Å². The SMILES string of the molecule is CC1=CC(=O)C2COc3c4c(c(O)c(C(=O)O)c3C2O1)OC1(C)Cc2oc3cc(O)cc(C(=O)O)c3c(=O)c2C4O1. The zero-order valence-electron chi connectivity index (χ0n) is 21.3. The second-order valence-corrected chi connectivity index (χ2v) is 10.5. The van der Waals surface area contributed by atoms with Gasteiger partial charge in [-0.1, -0.05) is 0 Å². The molecule has 210 valence electrons. The summed E-state index contributed by atoms with van der Waals surface area (Å²) in [5.74, 6) is -7.14. The van der Waals surface area contributed by atoms with Gasteiger partial charge < -0.3 is 43.8 Å². The van der Waals surface area contributed by atoms with Gasteiger partial charge in [0.25, 0.3) is 0 Å². The van der Waals surface area contributed by atoms with Gasteiger partial charge >= 0.3 is 11.9 Å². The molecule has 0 radical (unpaired) electrons. The number of allylic oxidation sites excluding steroid dienone is 2. The molecule has 0 amide bonds. The molecule has 2 aromatic carbocycles. The molecule has 3 aromatic rings. The first-order valence-electron chi connectivity index (χ1n) is 12.5. The Bertz CT molecular complexity index is 1870. The van der Waals surface area contributed by atoms with Crippen LogP contribution in [0.1, 0.15) is 69.2 Å². The van der Waals surface area contributed by atoms with Gasteiger partial charge in [0.05, 0.1) is 45.7 Å². The van der Waals surface area contributed by atoms with Crippen molar-refractivity contribution < 1.29 is 58.2 Å². The van der Waals surface area contributed by atoms with Crippen molar-refractivity contribution in [1.82, 2.24) is 0 Å². The smallest absolute Gasteiger partial charge is 0.340 e. The van der Waals surface area contributed by atoms with E-state index in [4.69, 9.17) is 23.4 Å². The summed E-state index contributed by atoms with van der Waals surface area (Å²) in [5.41, 5.74) is -2.31. The maximum atomic E-state index is 14.0. The lowest BCUT2D eigenvalue weighted by molar-refractivity contribution is -0.220. The van der Waals surface area contributed by atoms with Crippen molar-refractivity contribution in [3.05, 3.63) is 67.8 Å². The van der Waals surface area contributed by atoms with Crippen molar-refractivity contribution in [2.75, 3.05) is 6.61 Å². The van der Waals surface area contributed by atoms with Crippen molar-refractivity contribution in [3.63, 3.8) is 0 Å². The lowest BCUT2D eigenvalue weighted by atomic mass is 9.80. The van der Waals surface area contributed by atoms with Crippen LogP contribution in [-0.2, 0) is 20.7 Å². The van der Waals surface area contributed by atoms with Gasteiger partial charge in [-0.3, -0.25) is 9.59 Å². The Morgan fingerprint density at radius 3 is 2.49 bits per heavy atom. The summed E-state index contributed by atoms with van der Waals surface area (Å²) in [6.07, 6.45) is -1.41. The summed E-state index contributed by atoms with van der Waals surface area (Å²) in [7, 11) is 0. The minimum Gasteiger partial charge on any atom is -0.508 e. The molecule has 2 bridgehead atoms. The van der Waals surface area contributed by atoms with Gasteiger partial charge in [0.2, 0.25) is 5.79 Å². The third kappa shape index (κ3) is 3.32. The van der Waals surface area contributed by atoms with E-state index in [9.17, 15) is 39.6 Å². The Hall–Kier alpha value is -5.04. The highest BCUT2D eigenvalue weighted by Gasteiger charge is 2.53. The molecule has 4 unspecified atom stereocenters. The first-order valence-corrected chi connectivity index (χ1v) is 12.5. The first-order chi connectivity index (χ1) is 19.4. The molecular formula is C28H20O13. The van der Waals surface area contributed by atoms with Crippen LogP contribution in [0.3, 0.4) is 0 Å². The van der Waals surface area contributed by atoms with E-state index in [0.29, 0.717) is 0 Å². The van der Waals surface area contributed by atoms with E-state index >= 15 is 0 Å². The molecule has 4 aliphatic heterocycles. The zero-order chi connectivity index (χ0) is 29.1. The Morgan fingerprint density at radius 2 is 1.78 bits per heavy atom. The van der Waals surface area contributed by atoms with E-state index in [1.807, 2.05) is 0 Å². The number of ketones is 1. The standard InChI is InChI=1S/C28H20O13/c1-8-3-12(30)11-7-37-23-18(22(11)38-8)17(27(35)36)21(32)25-19(23)24-16-14(6-28(2,40-24)41-25)39-13-5-9(29)4-10(26(33)34)15(13)20(16)31/h3-5,11,22,24,29,32H,6-7H2,1-2H3,(H,33,34)(H,35,36). The van der Waals surface area contributed by atoms with E-state index in [1.54, 1.807) is 0 Å². The van der Waals surface area contributed by atoms with E-state index in [-0.39, 0.29) is 69.5 Å². The predicted octanol–water partition coefficient (Wildman–Crippen LogP) is 2.92.